The molecule has 0 amide bonds. The standard InChI is InChI=1S/C16H14N5/c1-19-12-6-4-8-18-13(12)14-16(19)21-9-11-10(5-3-7-17-11)15(21)20(14)2/h3-8H,9H2,1-2H3/q+1/i1D3. The molecule has 4 aromatic heterocycles. The first-order valence-corrected chi connectivity index (χ1v) is 6.81. The minimum Gasteiger partial charge on any atom is -0.257 e. The van der Waals surface area contributed by atoms with E-state index in [0.717, 1.165) is 22.6 Å². The highest BCUT2D eigenvalue weighted by molar-refractivity contribution is 6.02. The number of rotatable bonds is 0. The van der Waals surface area contributed by atoms with Gasteiger partial charge in [0.05, 0.1) is 29.4 Å². The molecule has 0 spiro atoms. The predicted octanol–water partition coefficient (Wildman–Crippen LogP) is 1.78. The SMILES string of the molecule is [2H]C([2H])([2H])n1c2cccnc2c2c1[n+]1c(n2C)-c2cccnc2C1. The monoisotopic (exact) mass is 279 g/mol. The van der Waals surface area contributed by atoms with Crippen LogP contribution < -0.4 is 4.57 Å². The minimum absolute atomic E-state index is 0.565. The fraction of sp³-hybridized carbons (Fsp3) is 0.188. The van der Waals surface area contributed by atoms with Gasteiger partial charge in [0.1, 0.15) is 17.6 Å². The van der Waals surface area contributed by atoms with Crippen molar-refractivity contribution in [3.63, 3.8) is 0 Å². The van der Waals surface area contributed by atoms with Gasteiger partial charge in [-0.2, -0.15) is 0 Å². The van der Waals surface area contributed by atoms with Crippen LogP contribution in [-0.4, -0.2) is 19.1 Å². The van der Waals surface area contributed by atoms with Crippen molar-refractivity contribution >= 4 is 22.2 Å². The zero-order valence-corrected chi connectivity index (χ0v) is 11.4. The van der Waals surface area contributed by atoms with Crippen molar-refractivity contribution in [2.45, 2.75) is 6.54 Å². The van der Waals surface area contributed by atoms with E-state index in [2.05, 4.69) is 9.97 Å². The summed E-state index contributed by atoms with van der Waals surface area (Å²) in [5.41, 5.74) is 4.83. The molecule has 1 aliphatic heterocycles. The third-order valence-corrected chi connectivity index (χ3v) is 4.28. The first-order chi connectivity index (χ1) is 11.5. The second-order valence-electron chi connectivity index (χ2n) is 5.35. The Balaban J connectivity index is 2.02. The van der Waals surface area contributed by atoms with Gasteiger partial charge in [0, 0.05) is 12.4 Å². The van der Waals surface area contributed by atoms with Crippen LogP contribution in [0.15, 0.2) is 36.7 Å². The highest BCUT2D eigenvalue weighted by Gasteiger charge is 2.35. The fourth-order valence-corrected chi connectivity index (χ4v) is 3.42. The molecular weight excluding hydrogens is 262 g/mol. The Kier molecular flexibility index (Phi) is 1.42. The van der Waals surface area contributed by atoms with Gasteiger partial charge in [-0.25, -0.2) is 9.55 Å². The molecular formula is C16H14N5+. The maximum atomic E-state index is 8.02. The van der Waals surface area contributed by atoms with E-state index in [1.54, 1.807) is 18.5 Å². The Hall–Kier alpha value is -2.69. The smallest absolute Gasteiger partial charge is 0.257 e. The van der Waals surface area contributed by atoms with Crippen molar-refractivity contribution in [3.05, 3.63) is 42.4 Å². The number of hydrogen-bond acceptors (Lipinski definition) is 2. The number of imidazole rings is 1. The molecule has 0 aromatic carbocycles. The Morgan fingerprint density at radius 3 is 2.95 bits per heavy atom. The molecule has 0 saturated heterocycles. The molecule has 0 unspecified atom stereocenters. The van der Waals surface area contributed by atoms with Crippen LogP contribution in [0, 0.1) is 0 Å². The van der Waals surface area contributed by atoms with Gasteiger partial charge in [-0.05, 0) is 24.3 Å². The van der Waals surface area contributed by atoms with Gasteiger partial charge in [-0.1, -0.05) is 0 Å². The van der Waals surface area contributed by atoms with E-state index in [9.17, 15) is 0 Å². The average Bonchev–Trinajstić information content (AvgIpc) is 3.16. The lowest BCUT2D eigenvalue weighted by Gasteiger charge is -1.97. The number of pyridine rings is 2. The summed E-state index contributed by atoms with van der Waals surface area (Å²) in [5, 5.41) is 0. The van der Waals surface area contributed by atoms with Crippen LogP contribution in [0.4, 0.5) is 0 Å². The highest BCUT2D eigenvalue weighted by atomic mass is 15.3. The van der Waals surface area contributed by atoms with Crippen molar-refractivity contribution in [2.24, 2.45) is 14.0 Å². The van der Waals surface area contributed by atoms with Gasteiger partial charge in [-0.15, -0.1) is 0 Å². The maximum absolute atomic E-state index is 8.02. The van der Waals surface area contributed by atoms with E-state index in [4.69, 9.17) is 4.11 Å². The summed E-state index contributed by atoms with van der Waals surface area (Å²) in [6, 6.07) is 7.50. The summed E-state index contributed by atoms with van der Waals surface area (Å²) in [6.07, 6.45) is 3.47. The van der Waals surface area contributed by atoms with Gasteiger partial charge in [0.2, 0.25) is 11.3 Å². The number of aryl methyl sites for hydroxylation is 2. The van der Waals surface area contributed by atoms with Gasteiger partial charge in [0.15, 0.2) is 0 Å². The van der Waals surface area contributed by atoms with E-state index in [1.807, 2.05) is 34.4 Å². The van der Waals surface area contributed by atoms with Crippen LogP contribution in [0.3, 0.4) is 0 Å². The molecule has 1 aliphatic rings. The number of aromatic nitrogens is 5. The Bertz CT molecular complexity index is 1140. The number of fused-ring (bicyclic) bond motifs is 7. The molecule has 5 rings (SSSR count). The van der Waals surface area contributed by atoms with Crippen LogP contribution >= 0.6 is 0 Å². The van der Waals surface area contributed by atoms with Crippen LogP contribution in [0.5, 0.6) is 0 Å². The van der Waals surface area contributed by atoms with Gasteiger partial charge in [-0.3, -0.25) is 14.1 Å². The lowest BCUT2D eigenvalue weighted by Crippen LogP contribution is -2.33. The molecule has 0 bridgehead atoms. The molecule has 5 nitrogen and oxygen atoms in total. The normalized spacial score (nSPS) is 15.8. The molecule has 0 fully saturated rings. The molecule has 0 atom stereocenters. The molecule has 21 heavy (non-hydrogen) atoms. The molecule has 0 saturated carbocycles. The number of nitrogens with zero attached hydrogens (tertiary/aromatic N) is 5. The zero-order chi connectivity index (χ0) is 16.6. The molecule has 0 N–H and O–H groups in total. The molecule has 0 aliphatic carbocycles. The first-order valence-electron chi connectivity index (χ1n) is 8.31. The Morgan fingerprint density at radius 2 is 2.05 bits per heavy atom. The fourth-order valence-electron chi connectivity index (χ4n) is 3.42. The summed E-state index contributed by atoms with van der Waals surface area (Å²) >= 11 is 0. The maximum Gasteiger partial charge on any atom is 0.271 e. The molecule has 4 aromatic rings. The predicted molar refractivity (Wildman–Crippen MR) is 79.7 cm³/mol. The van der Waals surface area contributed by atoms with Crippen molar-refractivity contribution in [1.82, 2.24) is 19.1 Å². The van der Waals surface area contributed by atoms with E-state index < -0.39 is 6.98 Å². The van der Waals surface area contributed by atoms with E-state index in [1.165, 1.54) is 4.57 Å². The van der Waals surface area contributed by atoms with Gasteiger partial charge < -0.3 is 0 Å². The Labute approximate surface area is 125 Å². The van der Waals surface area contributed by atoms with Crippen LogP contribution in [0.25, 0.3) is 33.6 Å². The molecule has 0 radical (unpaired) electrons. The van der Waals surface area contributed by atoms with Crippen molar-refractivity contribution in [1.29, 1.82) is 0 Å². The van der Waals surface area contributed by atoms with Crippen LogP contribution in [-0.2, 0) is 20.6 Å². The second-order valence-corrected chi connectivity index (χ2v) is 5.35. The van der Waals surface area contributed by atoms with Crippen molar-refractivity contribution in [2.75, 3.05) is 0 Å². The van der Waals surface area contributed by atoms with Crippen LogP contribution in [0.1, 0.15) is 9.81 Å². The zero-order valence-electron chi connectivity index (χ0n) is 14.4. The lowest BCUT2D eigenvalue weighted by molar-refractivity contribution is -0.649. The summed E-state index contributed by atoms with van der Waals surface area (Å²) in [4.78, 5) is 8.89. The van der Waals surface area contributed by atoms with Gasteiger partial charge >= 0.3 is 0 Å². The van der Waals surface area contributed by atoms with E-state index >= 15 is 0 Å². The van der Waals surface area contributed by atoms with Gasteiger partial charge in [0.25, 0.3) is 5.65 Å². The topological polar surface area (TPSA) is 39.5 Å². The molecule has 5 heteroatoms. The second kappa shape index (κ2) is 3.49. The lowest BCUT2D eigenvalue weighted by atomic mass is 10.2. The molecule has 102 valence electrons. The van der Waals surface area contributed by atoms with Crippen molar-refractivity contribution in [3.8, 4) is 11.4 Å². The third-order valence-electron chi connectivity index (χ3n) is 4.28. The summed E-state index contributed by atoms with van der Waals surface area (Å²) < 4.78 is 29.5. The first kappa shape index (κ1) is 8.56. The summed E-state index contributed by atoms with van der Waals surface area (Å²) in [6.45, 7) is -1.72. The minimum atomic E-state index is -2.28. The highest BCUT2D eigenvalue weighted by Crippen LogP contribution is 2.33. The van der Waals surface area contributed by atoms with E-state index in [0.29, 0.717) is 23.2 Å². The van der Waals surface area contributed by atoms with Crippen LogP contribution in [0.2, 0.25) is 0 Å². The molecule has 5 heterocycles. The summed E-state index contributed by atoms with van der Waals surface area (Å²) in [5.74, 6) is 0.966. The number of hydrogen-bond donors (Lipinski definition) is 0. The van der Waals surface area contributed by atoms with Crippen molar-refractivity contribution < 1.29 is 8.68 Å². The average molecular weight is 279 g/mol. The summed E-state index contributed by atoms with van der Waals surface area (Å²) in [7, 11) is 1.95. The third kappa shape index (κ3) is 1.15. The van der Waals surface area contributed by atoms with E-state index in [-0.39, 0.29) is 0 Å². The largest absolute Gasteiger partial charge is 0.271 e. The quantitative estimate of drug-likeness (QED) is 0.405. The Morgan fingerprint density at radius 1 is 1.19 bits per heavy atom.